The second-order valence-electron chi connectivity index (χ2n) is 12.4. The number of hydrogen-bond acceptors (Lipinski definition) is 3. The third kappa shape index (κ3) is 5.74. The van der Waals surface area contributed by atoms with E-state index in [2.05, 4.69) is 199 Å². The van der Waals surface area contributed by atoms with Gasteiger partial charge in [0.2, 0.25) is 0 Å². The predicted octanol–water partition coefficient (Wildman–Crippen LogP) is 13.6. The average molecular weight is 657 g/mol. The van der Waals surface area contributed by atoms with E-state index >= 15 is 0 Å². The van der Waals surface area contributed by atoms with Crippen LogP contribution in [0.4, 0.5) is 17.1 Å². The molecule has 0 atom stereocenters. The third-order valence-electron chi connectivity index (χ3n) is 9.32. The van der Waals surface area contributed by atoms with Crippen LogP contribution in [-0.2, 0) is 0 Å². The number of hydrogen-bond donors (Lipinski definition) is 0. The highest BCUT2D eigenvalue weighted by atomic mass is 32.1. The van der Waals surface area contributed by atoms with E-state index in [1.165, 1.54) is 43.5 Å². The molecule has 0 fully saturated rings. The summed E-state index contributed by atoms with van der Waals surface area (Å²) in [5, 5.41) is 3.36. The van der Waals surface area contributed by atoms with Gasteiger partial charge in [-0.25, -0.2) is 4.98 Å². The molecular weight excluding hydrogens is 625 g/mol. The first-order valence-corrected chi connectivity index (χ1v) is 17.7. The summed E-state index contributed by atoms with van der Waals surface area (Å²) in [5.41, 5.74) is 12.7. The minimum absolute atomic E-state index is 1.03. The molecule has 0 spiro atoms. The number of rotatable bonds is 7. The molecule has 0 bridgehead atoms. The summed E-state index contributed by atoms with van der Waals surface area (Å²) in [7, 11) is 0. The Morgan fingerprint density at radius 1 is 0.360 bits per heavy atom. The predicted molar refractivity (Wildman–Crippen MR) is 214 cm³/mol. The Balaban J connectivity index is 1.13. The Hall–Kier alpha value is -6.29. The lowest BCUT2D eigenvalue weighted by Crippen LogP contribution is -2.09. The zero-order chi connectivity index (χ0) is 33.3. The lowest BCUT2D eigenvalue weighted by atomic mass is 10.0. The van der Waals surface area contributed by atoms with Gasteiger partial charge in [-0.05, 0) is 81.2 Å². The third-order valence-corrected chi connectivity index (χ3v) is 10.4. The van der Waals surface area contributed by atoms with Crippen LogP contribution in [0.5, 0.6) is 0 Å². The molecule has 50 heavy (non-hydrogen) atoms. The molecule has 0 unspecified atom stereocenters. The van der Waals surface area contributed by atoms with E-state index in [9.17, 15) is 0 Å². The quantitative estimate of drug-likeness (QED) is 0.170. The van der Waals surface area contributed by atoms with Crippen LogP contribution in [0.15, 0.2) is 194 Å². The molecule has 0 amide bonds. The van der Waals surface area contributed by atoms with Crippen LogP contribution in [0.3, 0.4) is 0 Å². The molecule has 0 saturated heterocycles. The van der Waals surface area contributed by atoms with Crippen molar-refractivity contribution in [3.05, 3.63) is 194 Å². The van der Waals surface area contributed by atoms with Gasteiger partial charge < -0.3 is 4.90 Å². The van der Waals surface area contributed by atoms with E-state index < -0.39 is 0 Å². The molecule has 0 N–H and O–H groups in total. The Kier molecular flexibility index (Phi) is 7.73. The maximum Gasteiger partial charge on any atom is 0.124 e. The number of anilines is 3. The largest absolute Gasteiger partial charge is 0.310 e. The Labute approximate surface area is 296 Å². The van der Waals surface area contributed by atoms with Crippen molar-refractivity contribution in [1.82, 2.24) is 4.98 Å². The van der Waals surface area contributed by atoms with Crippen LogP contribution in [0, 0.1) is 0 Å². The van der Waals surface area contributed by atoms with Gasteiger partial charge in [0.25, 0.3) is 0 Å². The van der Waals surface area contributed by atoms with Gasteiger partial charge in [0.05, 0.1) is 10.2 Å². The minimum atomic E-state index is 1.03. The second kappa shape index (κ2) is 13.0. The minimum Gasteiger partial charge on any atom is -0.310 e. The molecule has 0 saturated carbocycles. The average Bonchev–Trinajstić information content (AvgIpc) is 3.65. The second-order valence-corrected chi connectivity index (χ2v) is 13.5. The summed E-state index contributed by atoms with van der Waals surface area (Å²) < 4.78 is 1.18. The summed E-state index contributed by atoms with van der Waals surface area (Å²) in [6, 6.07) is 69.3. The lowest BCUT2D eigenvalue weighted by Gasteiger charge is -2.26. The summed E-state index contributed by atoms with van der Waals surface area (Å²) in [6.07, 6.45) is 0. The Morgan fingerprint density at radius 3 is 1.26 bits per heavy atom. The van der Waals surface area contributed by atoms with Gasteiger partial charge in [-0.1, -0.05) is 152 Å². The molecule has 9 aromatic rings. The fourth-order valence-corrected chi connectivity index (χ4v) is 7.70. The van der Waals surface area contributed by atoms with E-state index in [0.717, 1.165) is 38.5 Å². The maximum atomic E-state index is 5.25. The van der Waals surface area contributed by atoms with Crippen molar-refractivity contribution < 1.29 is 0 Å². The fourth-order valence-electron chi connectivity index (χ4n) is 6.71. The first-order chi connectivity index (χ1) is 24.8. The van der Waals surface area contributed by atoms with Gasteiger partial charge >= 0.3 is 0 Å². The summed E-state index contributed by atoms with van der Waals surface area (Å²) in [4.78, 5) is 7.59. The molecule has 8 aromatic carbocycles. The number of fused-ring (bicyclic) bond motifs is 3. The van der Waals surface area contributed by atoms with Crippen LogP contribution >= 0.6 is 11.3 Å². The first-order valence-electron chi connectivity index (χ1n) is 16.9. The molecule has 9 rings (SSSR count). The highest BCUT2D eigenvalue weighted by molar-refractivity contribution is 7.21. The van der Waals surface area contributed by atoms with Crippen molar-refractivity contribution in [3.63, 3.8) is 0 Å². The zero-order valence-electron chi connectivity index (χ0n) is 27.3. The smallest absolute Gasteiger partial charge is 0.124 e. The van der Waals surface area contributed by atoms with Crippen LogP contribution in [-0.4, -0.2) is 4.98 Å². The molecule has 3 heteroatoms. The molecule has 0 aliphatic rings. The van der Waals surface area contributed by atoms with Gasteiger partial charge in [-0.2, -0.15) is 0 Å². The molecule has 0 aliphatic carbocycles. The van der Waals surface area contributed by atoms with Crippen LogP contribution < -0.4 is 4.90 Å². The Bertz CT molecular complexity index is 2460. The van der Waals surface area contributed by atoms with Crippen molar-refractivity contribution in [2.45, 2.75) is 0 Å². The summed E-state index contributed by atoms with van der Waals surface area (Å²) >= 11 is 1.75. The maximum absolute atomic E-state index is 5.25. The number of thiazole rings is 1. The van der Waals surface area contributed by atoms with Crippen LogP contribution in [0.1, 0.15) is 0 Å². The van der Waals surface area contributed by atoms with Gasteiger partial charge in [0, 0.05) is 28.0 Å². The fraction of sp³-hybridized carbons (Fsp3) is 0. The van der Waals surface area contributed by atoms with E-state index in [1.54, 1.807) is 11.3 Å². The highest BCUT2D eigenvalue weighted by Crippen LogP contribution is 2.41. The van der Waals surface area contributed by atoms with Gasteiger partial charge in [0.15, 0.2) is 0 Å². The van der Waals surface area contributed by atoms with Gasteiger partial charge in [-0.15, -0.1) is 11.3 Å². The van der Waals surface area contributed by atoms with Crippen molar-refractivity contribution >= 4 is 49.4 Å². The Morgan fingerprint density at radius 2 is 0.760 bits per heavy atom. The SMILES string of the molecule is c1ccc(-c2ccc(-c3nc4c(ccc5ccc(N(c6ccc(-c7ccccc7)cc6)c6ccc(-c7ccccc7)cc6)cc54)s3)cc2)cc1. The van der Waals surface area contributed by atoms with E-state index in [-0.39, 0.29) is 0 Å². The van der Waals surface area contributed by atoms with Crippen molar-refractivity contribution in [2.75, 3.05) is 4.90 Å². The van der Waals surface area contributed by atoms with Gasteiger partial charge in [-0.3, -0.25) is 0 Å². The molecule has 236 valence electrons. The molecule has 1 heterocycles. The molecular formula is C47H32N2S. The van der Waals surface area contributed by atoms with E-state index in [4.69, 9.17) is 4.98 Å². The van der Waals surface area contributed by atoms with Crippen LogP contribution in [0.2, 0.25) is 0 Å². The number of nitrogens with zero attached hydrogens (tertiary/aromatic N) is 2. The first kappa shape index (κ1) is 29.8. The highest BCUT2D eigenvalue weighted by Gasteiger charge is 2.16. The summed E-state index contributed by atoms with van der Waals surface area (Å²) in [6.45, 7) is 0. The zero-order valence-corrected chi connectivity index (χ0v) is 28.1. The molecule has 0 radical (unpaired) electrons. The van der Waals surface area contributed by atoms with E-state index in [1.807, 2.05) is 0 Å². The van der Waals surface area contributed by atoms with Crippen molar-refractivity contribution in [2.24, 2.45) is 0 Å². The number of aromatic nitrogens is 1. The molecule has 0 aliphatic heterocycles. The summed E-state index contributed by atoms with van der Waals surface area (Å²) in [5.74, 6) is 0. The van der Waals surface area contributed by atoms with E-state index in [0.29, 0.717) is 0 Å². The number of benzene rings is 8. The lowest BCUT2D eigenvalue weighted by molar-refractivity contribution is 1.29. The topological polar surface area (TPSA) is 16.1 Å². The normalized spacial score (nSPS) is 11.2. The molecule has 1 aromatic heterocycles. The standard InChI is InChI=1S/C47H32N2S/c1-4-10-33(11-5-1)36-16-18-40(19-17-36)47-48-46-44-32-43(30-24-39(44)25-31-45(46)50-47)49(41-26-20-37(21-27-41)34-12-6-2-7-13-34)42-28-22-38(23-29-42)35-14-8-3-9-15-35/h1-32H. The van der Waals surface area contributed by atoms with Gasteiger partial charge in [0.1, 0.15) is 5.01 Å². The molecule has 2 nitrogen and oxygen atoms in total. The van der Waals surface area contributed by atoms with Crippen molar-refractivity contribution in [3.8, 4) is 44.0 Å². The monoisotopic (exact) mass is 656 g/mol. The van der Waals surface area contributed by atoms with Crippen LogP contribution in [0.25, 0.3) is 64.9 Å². The van der Waals surface area contributed by atoms with Crippen molar-refractivity contribution in [1.29, 1.82) is 0 Å².